The van der Waals surface area contributed by atoms with E-state index in [0.29, 0.717) is 0 Å². The maximum absolute atomic E-state index is 13.5. The van der Waals surface area contributed by atoms with Crippen LogP contribution in [0.15, 0.2) is 12.1 Å². The Morgan fingerprint density at radius 2 is 2.00 bits per heavy atom. The average molecular weight is 195 g/mol. The van der Waals surface area contributed by atoms with Crippen LogP contribution in [0.5, 0.6) is 0 Å². The normalized spacial score (nSPS) is 10.6. The van der Waals surface area contributed by atoms with E-state index in [9.17, 15) is 4.39 Å². The van der Waals surface area contributed by atoms with Gasteiger partial charge < -0.3 is 5.32 Å². The van der Waals surface area contributed by atoms with Gasteiger partial charge in [-0.25, -0.2) is 4.39 Å². The molecule has 1 nitrogen and oxygen atoms in total. The van der Waals surface area contributed by atoms with Gasteiger partial charge in [0.25, 0.3) is 0 Å². The number of rotatable bonds is 4. The highest BCUT2D eigenvalue weighted by Crippen LogP contribution is 2.15. The molecule has 1 rings (SSSR count). The fraction of sp³-hybridized carbons (Fsp3) is 0.500. The molecule has 0 radical (unpaired) electrons. The quantitative estimate of drug-likeness (QED) is 0.728. The Morgan fingerprint density at radius 3 is 2.57 bits per heavy atom. The summed E-state index contributed by atoms with van der Waals surface area (Å²) in [5, 5.41) is 3.20. The first-order valence-corrected chi connectivity index (χ1v) is 5.11. The van der Waals surface area contributed by atoms with Crippen LogP contribution in [0.3, 0.4) is 0 Å². The molecule has 1 aromatic carbocycles. The summed E-state index contributed by atoms with van der Waals surface area (Å²) in [6.45, 7) is 7.73. The molecule has 0 aromatic heterocycles. The van der Waals surface area contributed by atoms with Gasteiger partial charge in [0.1, 0.15) is 5.82 Å². The van der Waals surface area contributed by atoms with Gasteiger partial charge in [0.2, 0.25) is 0 Å². The highest BCUT2D eigenvalue weighted by molar-refractivity contribution is 5.32. The summed E-state index contributed by atoms with van der Waals surface area (Å²) in [4.78, 5) is 0. The lowest BCUT2D eigenvalue weighted by molar-refractivity contribution is 0.597. The fourth-order valence-electron chi connectivity index (χ4n) is 1.65. The van der Waals surface area contributed by atoms with Crippen LogP contribution in [-0.2, 0) is 6.42 Å². The van der Waals surface area contributed by atoms with E-state index in [1.807, 2.05) is 19.9 Å². The Balaban J connectivity index is 2.75. The molecule has 14 heavy (non-hydrogen) atoms. The monoisotopic (exact) mass is 195 g/mol. The van der Waals surface area contributed by atoms with Crippen LogP contribution in [-0.4, -0.2) is 13.1 Å². The van der Waals surface area contributed by atoms with Gasteiger partial charge in [-0.2, -0.15) is 0 Å². The first-order valence-electron chi connectivity index (χ1n) is 5.11. The number of benzene rings is 1. The zero-order chi connectivity index (χ0) is 10.6. The molecule has 0 fully saturated rings. The van der Waals surface area contributed by atoms with Gasteiger partial charge in [0.15, 0.2) is 0 Å². The maximum atomic E-state index is 13.5. The molecule has 0 saturated heterocycles. The third-order valence-electron chi connectivity index (χ3n) is 2.36. The third kappa shape index (κ3) is 2.81. The largest absolute Gasteiger partial charge is 0.317 e. The van der Waals surface area contributed by atoms with E-state index in [1.165, 1.54) is 0 Å². The summed E-state index contributed by atoms with van der Waals surface area (Å²) >= 11 is 0. The zero-order valence-corrected chi connectivity index (χ0v) is 9.15. The average Bonchev–Trinajstić information content (AvgIpc) is 2.09. The summed E-state index contributed by atoms with van der Waals surface area (Å²) < 4.78 is 13.5. The fourth-order valence-corrected chi connectivity index (χ4v) is 1.65. The summed E-state index contributed by atoms with van der Waals surface area (Å²) in [5.74, 6) is -0.0691. The van der Waals surface area contributed by atoms with Crippen LogP contribution >= 0.6 is 0 Å². The van der Waals surface area contributed by atoms with E-state index in [0.717, 1.165) is 36.2 Å². The molecule has 0 bridgehead atoms. The van der Waals surface area contributed by atoms with Crippen molar-refractivity contribution < 1.29 is 4.39 Å². The van der Waals surface area contributed by atoms with E-state index in [4.69, 9.17) is 0 Å². The minimum Gasteiger partial charge on any atom is -0.317 e. The van der Waals surface area contributed by atoms with Crippen molar-refractivity contribution in [3.8, 4) is 0 Å². The number of aryl methyl sites for hydroxylation is 2. The van der Waals surface area contributed by atoms with Crippen molar-refractivity contribution in [2.45, 2.75) is 27.2 Å². The lowest BCUT2D eigenvalue weighted by atomic mass is 10.0. The number of likely N-dealkylation sites (N-methyl/N-ethyl adjacent to an activating group) is 1. The first kappa shape index (κ1) is 11.2. The van der Waals surface area contributed by atoms with Crippen molar-refractivity contribution in [2.75, 3.05) is 13.1 Å². The standard InChI is InChI=1S/C12H18FN/c1-4-14-6-5-11-10(3)7-9(2)8-12(11)13/h7-8,14H,4-6H2,1-3H3. The second-order valence-electron chi connectivity index (χ2n) is 3.65. The predicted octanol–water partition coefficient (Wildman–Crippen LogP) is 2.59. The van der Waals surface area contributed by atoms with Crippen LogP contribution in [0.1, 0.15) is 23.6 Å². The molecular weight excluding hydrogens is 177 g/mol. The molecular formula is C12H18FN. The van der Waals surface area contributed by atoms with E-state index < -0.39 is 0 Å². The summed E-state index contributed by atoms with van der Waals surface area (Å²) in [7, 11) is 0. The summed E-state index contributed by atoms with van der Waals surface area (Å²) in [6.07, 6.45) is 0.770. The van der Waals surface area contributed by atoms with Gasteiger partial charge in [-0.05, 0) is 56.1 Å². The van der Waals surface area contributed by atoms with Crippen LogP contribution < -0.4 is 5.32 Å². The number of hydrogen-bond acceptors (Lipinski definition) is 1. The predicted molar refractivity (Wildman–Crippen MR) is 58.1 cm³/mol. The smallest absolute Gasteiger partial charge is 0.126 e. The molecule has 0 saturated carbocycles. The van der Waals surface area contributed by atoms with Crippen LogP contribution in [0.4, 0.5) is 4.39 Å². The Labute approximate surface area is 85.3 Å². The molecule has 2 heteroatoms. The molecule has 0 amide bonds. The Bertz CT molecular complexity index is 284. The third-order valence-corrected chi connectivity index (χ3v) is 2.36. The Morgan fingerprint density at radius 1 is 1.29 bits per heavy atom. The summed E-state index contributed by atoms with van der Waals surface area (Å²) in [6, 6.07) is 3.64. The van der Waals surface area contributed by atoms with Crippen molar-refractivity contribution in [2.24, 2.45) is 0 Å². The Hall–Kier alpha value is -0.890. The molecule has 78 valence electrons. The Kier molecular flexibility index (Phi) is 4.08. The van der Waals surface area contributed by atoms with Crippen LogP contribution in [0, 0.1) is 19.7 Å². The van der Waals surface area contributed by atoms with E-state index >= 15 is 0 Å². The van der Waals surface area contributed by atoms with Crippen LogP contribution in [0.25, 0.3) is 0 Å². The second kappa shape index (κ2) is 5.11. The maximum Gasteiger partial charge on any atom is 0.126 e. The van der Waals surface area contributed by atoms with Crippen molar-refractivity contribution in [1.82, 2.24) is 5.32 Å². The van der Waals surface area contributed by atoms with Gasteiger partial charge in [-0.15, -0.1) is 0 Å². The molecule has 0 aliphatic carbocycles. The van der Waals surface area contributed by atoms with Crippen molar-refractivity contribution in [1.29, 1.82) is 0 Å². The molecule has 0 aliphatic rings. The van der Waals surface area contributed by atoms with E-state index in [2.05, 4.69) is 12.2 Å². The second-order valence-corrected chi connectivity index (χ2v) is 3.65. The van der Waals surface area contributed by atoms with E-state index in [-0.39, 0.29) is 5.82 Å². The molecule has 0 spiro atoms. The molecule has 0 atom stereocenters. The van der Waals surface area contributed by atoms with Crippen molar-refractivity contribution in [3.05, 3.63) is 34.6 Å². The zero-order valence-electron chi connectivity index (χ0n) is 9.15. The number of nitrogens with one attached hydrogen (secondary N) is 1. The van der Waals surface area contributed by atoms with Gasteiger partial charge in [0.05, 0.1) is 0 Å². The minimum absolute atomic E-state index is 0.0691. The lowest BCUT2D eigenvalue weighted by Gasteiger charge is -2.08. The van der Waals surface area contributed by atoms with Crippen molar-refractivity contribution in [3.63, 3.8) is 0 Å². The summed E-state index contributed by atoms with van der Waals surface area (Å²) in [5.41, 5.74) is 2.89. The molecule has 1 aromatic rings. The highest BCUT2D eigenvalue weighted by Gasteiger charge is 2.05. The topological polar surface area (TPSA) is 12.0 Å². The van der Waals surface area contributed by atoms with Gasteiger partial charge in [-0.1, -0.05) is 13.0 Å². The van der Waals surface area contributed by atoms with Gasteiger partial charge in [0, 0.05) is 0 Å². The van der Waals surface area contributed by atoms with E-state index in [1.54, 1.807) is 6.07 Å². The molecule has 0 heterocycles. The van der Waals surface area contributed by atoms with Gasteiger partial charge >= 0.3 is 0 Å². The van der Waals surface area contributed by atoms with Crippen LogP contribution in [0.2, 0.25) is 0 Å². The molecule has 0 aliphatic heterocycles. The SMILES string of the molecule is CCNCCc1c(C)cc(C)cc1F. The first-order chi connectivity index (χ1) is 6.65. The number of hydrogen-bond donors (Lipinski definition) is 1. The van der Waals surface area contributed by atoms with Crippen molar-refractivity contribution >= 4 is 0 Å². The lowest BCUT2D eigenvalue weighted by Crippen LogP contribution is -2.17. The number of halogens is 1. The molecule has 1 N–H and O–H groups in total. The molecule has 0 unspecified atom stereocenters. The minimum atomic E-state index is -0.0691. The highest BCUT2D eigenvalue weighted by atomic mass is 19.1. The van der Waals surface area contributed by atoms with Gasteiger partial charge in [-0.3, -0.25) is 0 Å².